The minimum atomic E-state index is 0.252. The average Bonchev–Trinajstić information content (AvgIpc) is 2.74. The SMILES string of the molecule is CCc1nc(-c2ccc(Cl)cc2Cl)c(CC)nc1NC1CCSc2ccccc21. The van der Waals surface area contributed by atoms with Gasteiger partial charge in [0.25, 0.3) is 0 Å². The van der Waals surface area contributed by atoms with E-state index in [9.17, 15) is 0 Å². The molecule has 0 amide bonds. The molecule has 0 aliphatic carbocycles. The fourth-order valence-corrected chi connectivity index (χ4v) is 5.29. The summed E-state index contributed by atoms with van der Waals surface area (Å²) in [6, 6.07) is 14.4. The van der Waals surface area contributed by atoms with Gasteiger partial charge in [0.05, 0.1) is 28.1 Å². The van der Waals surface area contributed by atoms with E-state index in [1.807, 2.05) is 23.9 Å². The largest absolute Gasteiger partial charge is 0.362 e. The molecule has 1 unspecified atom stereocenters. The van der Waals surface area contributed by atoms with Crippen molar-refractivity contribution in [1.82, 2.24) is 9.97 Å². The van der Waals surface area contributed by atoms with E-state index >= 15 is 0 Å². The number of rotatable bonds is 5. The van der Waals surface area contributed by atoms with E-state index in [0.717, 1.165) is 53.5 Å². The maximum Gasteiger partial charge on any atom is 0.148 e. The van der Waals surface area contributed by atoms with E-state index in [-0.39, 0.29) is 6.04 Å². The van der Waals surface area contributed by atoms with Gasteiger partial charge in [0.1, 0.15) is 5.82 Å². The van der Waals surface area contributed by atoms with Gasteiger partial charge in [-0.15, -0.1) is 11.8 Å². The van der Waals surface area contributed by atoms with Crippen LogP contribution in [0.2, 0.25) is 10.0 Å². The molecule has 1 aliphatic rings. The summed E-state index contributed by atoms with van der Waals surface area (Å²) in [5.74, 6) is 1.98. The van der Waals surface area contributed by atoms with Gasteiger partial charge in [-0.25, -0.2) is 9.97 Å². The lowest BCUT2D eigenvalue weighted by Crippen LogP contribution is -2.19. The number of aryl methyl sites for hydroxylation is 2. The van der Waals surface area contributed by atoms with E-state index in [2.05, 4.69) is 43.4 Å². The summed E-state index contributed by atoms with van der Waals surface area (Å²) >= 11 is 14.5. The van der Waals surface area contributed by atoms with Crippen molar-refractivity contribution in [2.75, 3.05) is 11.1 Å². The van der Waals surface area contributed by atoms with Crippen LogP contribution in [0.1, 0.15) is 43.3 Å². The van der Waals surface area contributed by atoms with Crippen LogP contribution >= 0.6 is 35.0 Å². The molecule has 0 spiro atoms. The van der Waals surface area contributed by atoms with Gasteiger partial charge < -0.3 is 5.32 Å². The average molecular weight is 444 g/mol. The van der Waals surface area contributed by atoms with Crippen LogP contribution in [0.4, 0.5) is 5.82 Å². The van der Waals surface area contributed by atoms with Crippen molar-refractivity contribution in [3.8, 4) is 11.3 Å². The predicted molar refractivity (Wildman–Crippen MR) is 124 cm³/mol. The molecule has 0 bridgehead atoms. The van der Waals surface area contributed by atoms with Crippen LogP contribution in [-0.2, 0) is 12.8 Å². The standard InChI is InChI=1S/C23H23Cl2N3S/c1-3-18-22(15-10-9-14(24)13-17(15)25)26-19(4-2)23(27-18)28-20-11-12-29-21-8-6-5-7-16(20)21/h5-10,13,20H,3-4,11-12H2,1-2H3,(H,27,28). The first-order valence-corrected chi connectivity index (χ1v) is 11.7. The third kappa shape index (κ3) is 4.25. The van der Waals surface area contributed by atoms with Crippen LogP contribution < -0.4 is 5.32 Å². The van der Waals surface area contributed by atoms with Crippen molar-refractivity contribution in [3.05, 3.63) is 69.5 Å². The van der Waals surface area contributed by atoms with E-state index in [4.69, 9.17) is 33.2 Å². The van der Waals surface area contributed by atoms with Crippen molar-refractivity contribution in [2.45, 2.75) is 44.0 Å². The van der Waals surface area contributed by atoms with Crippen LogP contribution in [0.25, 0.3) is 11.3 Å². The number of aromatic nitrogens is 2. The Labute approximate surface area is 186 Å². The molecule has 1 aromatic heterocycles. The van der Waals surface area contributed by atoms with Gasteiger partial charge in [0.15, 0.2) is 0 Å². The van der Waals surface area contributed by atoms with Gasteiger partial charge in [0.2, 0.25) is 0 Å². The molecule has 29 heavy (non-hydrogen) atoms. The molecule has 0 saturated carbocycles. The first kappa shape index (κ1) is 20.5. The first-order valence-electron chi connectivity index (χ1n) is 9.94. The summed E-state index contributed by atoms with van der Waals surface area (Å²) in [4.78, 5) is 11.3. The molecule has 150 valence electrons. The van der Waals surface area contributed by atoms with Crippen molar-refractivity contribution in [3.63, 3.8) is 0 Å². The highest BCUT2D eigenvalue weighted by Crippen LogP contribution is 2.38. The van der Waals surface area contributed by atoms with E-state index in [1.54, 1.807) is 6.07 Å². The molecule has 1 atom stereocenters. The van der Waals surface area contributed by atoms with Gasteiger partial charge in [-0.05, 0) is 49.1 Å². The van der Waals surface area contributed by atoms with E-state index in [1.165, 1.54) is 10.5 Å². The van der Waals surface area contributed by atoms with Crippen LogP contribution in [-0.4, -0.2) is 15.7 Å². The maximum atomic E-state index is 6.47. The second-order valence-electron chi connectivity index (χ2n) is 7.02. The van der Waals surface area contributed by atoms with Gasteiger partial charge in [0, 0.05) is 21.2 Å². The Bertz CT molecular complexity index is 1040. The molecule has 0 fully saturated rings. The van der Waals surface area contributed by atoms with Crippen LogP contribution in [0.3, 0.4) is 0 Å². The van der Waals surface area contributed by atoms with E-state index < -0.39 is 0 Å². The molecular weight excluding hydrogens is 421 g/mol. The Morgan fingerprint density at radius 2 is 1.83 bits per heavy atom. The number of anilines is 1. The Balaban J connectivity index is 1.74. The van der Waals surface area contributed by atoms with Crippen LogP contribution in [0.15, 0.2) is 47.4 Å². The Kier molecular flexibility index (Phi) is 6.33. The summed E-state index contributed by atoms with van der Waals surface area (Å²) in [5, 5.41) is 4.91. The fourth-order valence-electron chi connectivity index (χ4n) is 3.67. The first-order chi connectivity index (χ1) is 14.1. The minimum Gasteiger partial charge on any atom is -0.362 e. The quantitative estimate of drug-likeness (QED) is 0.451. The maximum absolute atomic E-state index is 6.47. The zero-order valence-corrected chi connectivity index (χ0v) is 18.8. The van der Waals surface area contributed by atoms with Crippen molar-refractivity contribution in [1.29, 1.82) is 0 Å². The molecular formula is C23H23Cl2N3S. The highest BCUT2D eigenvalue weighted by molar-refractivity contribution is 7.99. The minimum absolute atomic E-state index is 0.252. The topological polar surface area (TPSA) is 37.8 Å². The second kappa shape index (κ2) is 8.95. The molecule has 2 aromatic carbocycles. The molecule has 2 heterocycles. The molecule has 3 aromatic rings. The van der Waals surface area contributed by atoms with Crippen LogP contribution in [0, 0.1) is 0 Å². The van der Waals surface area contributed by atoms with Crippen molar-refractivity contribution in [2.24, 2.45) is 0 Å². The Morgan fingerprint density at radius 1 is 1.03 bits per heavy atom. The highest BCUT2D eigenvalue weighted by Gasteiger charge is 2.23. The summed E-state index contributed by atoms with van der Waals surface area (Å²) in [7, 11) is 0. The lowest BCUT2D eigenvalue weighted by atomic mass is 10.0. The molecule has 1 N–H and O–H groups in total. The third-order valence-electron chi connectivity index (χ3n) is 5.17. The van der Waals surface area contributed by atoms with Gasteiger partial charge in [-0.2, -0.15) is 0 Å². The third-order valence-corrected chi connectivity index (χ3v) is 6.84. The molecule has 0 saturated heterocycles. The smallest absolute Gasteiger partial charge is 0.148 e. The van der Waals surface area contributed by atoms with Gasteiger partial charge in [-0.3, -0.25) is 0 Å². The predicted octanol–water partition coefficient (Wildman–Crippen LogP) is 7.22. The monoisotopic (exact) mass is 443 g/mol. The lowest BCUT2D eigenvalue weighted by Gasteiger charge is -2.27. The van der Waals surface area contributed by atoms with Gasteiger partial charge >= 0.3 is 0 Å². The number of fused-ring (bicyclic) bond motifs is 1. The highest BCUT2D eigenvalue weighted by atomic mass is 35.5. The molecule has 1 aliphatic heterocycles. The normalized spacial score (nSPS) is 15.8. The second-order valence-corrected chi connectivity index (χ2v) is 9.00. The number of nitrogens with zero attached hydrogens (tertiary/aromatic N) is 2. The molecule has 4 rings (SSSR count). The van der Waals surface area contributed by atoms with Crippen molar-refractivity contribution < 1.29 is 0 Å². The molecule has 0 radical (unpaired) electrons. The summed E-state index contributed by atoms with van der Waals surface area (Å²) in [6.45, 7) is 4.21. The Hall–Kier alpha value is -1.75. The van der Waals surface area contributed by atoms with E-state index in [0.29, 0.717) is 10.0 Å². The number of hydrogen-bond acceptors (Lipinski definition) is 4. The number of halogens is 2. The number of thioether (sulfide) groups is 1. The molecule has 6 heteroatoms. The number of nitrogens with one attached hydrogen (secondary N) is 1. The van der Waals surface area contributed by atoms with Crippen molar-refractivity contribution >= 4 is 40.8 Å². The number of benzene rings is 2. The van der Waals surface area contributed by atoms with Gasteiger partial charge in [-0.1, -0.05) is 55.2 Å². The molecule has 3 nitrogen and oxygen atoms in total. The van der Waals surface area contributed by atoms with Crippen LogP contribution in [0.5, 0.6) is 0 Å². The number of hydrogen-bond donors (Lipinski definition) is 1. The summed E-state index contributed by atoms with van der Waals surface area (Å²) in [5.41, 5.74) is 4.96. The zero-order valence-electron chi connectivity index (χ0n) is 16.5. The Morgan fingerprint density at radius 3 is 2.59 bits per heavy atom. The lowest BCUT2D eigenvalue weighted by molar-refractivity contribution is 0.718. The summed E-state index contributed by atoms with van der Waals surface area (Å²) in [6.07, 6.45) is 2.64. The summed E-state index contributed by atoms with van der Waals surface area (Å²) < 4.78 is 0. The zero-order chi connectivity index (χ0) is 20.4. The fraction of sp³-hybridized carbons (Fsp3) is 0.304.